The van der Waals surface area contributed by atoms with Gasteiger partial charge in [-0.1, -0.05) is 13.3 Å². The van der Waals surface area contributed by atoms with E-state index < -0.39 is 12.1 Å². The van der Waals surface area contributed by atoms with E-state index in [1.165, 1.54) is 0 Å². The molecule has 13 heteroatoms. The molecule has 0 atom stereocenters. The first-order chi connectivity index (χ1) is 21.0. The summed E-state index contributed by atoms with van der Waals surface area (Å²) < 4.78 is 0. The highest BCUT2D eigenvalue weighted by molar-refractivity contribution is 6.06. The maximum Gasteiger partial charge on any atom is 0.323 e. The van der Waals surface area contributed by atoms with Crippen molar-refractivity contribution in [2.45, 2.75) is 19.8 Å². The van der Waals surface area contributed by atoms with E-state index >= 15 is 0 Å². The number of amides is 5. The topological polar surface area (TPSA) is 160 Å². The third-order valence-corrected chi connectivity index (χ3v) is 6.71. The van der Waals surface area contributed by atoms with Gasteiger partial charge in [0, 0.05) is 59.1 Å². The summed E-state index contributed by atoms with van der Waals surface area (Å²) in [5.74, 6) is 1.36. The molecule has 0 bridgehead atoms. The third-order valence-electron chi connectivity index (χ3n) is 6.71. The number of urea groups is 2. The predicted molar refractivity (Wildman–Crippen MR) is 178 cm³/mol. The number of nitrogens with zero attached hydrogens (tertiary/aromatic N) is 2. The van der Waals surface area contributed by atoms with Gasteiger partial charge in [0.25, 0.3) is 5.91 Å². The van der Waals surface area contributed by atoms with Gasteiger partial charge in [-0.25, -0.2) is 9.59 Å². The van der Waals surface area contributed by atoms with Crippen LogP contribution in [-0.2, 0) is 0 Å². The van der Waals surface area contributed by atoms with Gasteiger partial charge in [-0.15, -0.1) is 12.4 Å². The number of halogens is 1. The van der Waals surface area contributed by atoms with Gasteiger partial charge in [-0.2, -0.15) is 0 Å². The average Bonchev–Trinajstić information content (AvgIpc) is 3.73. The van der Waals surface area contributed by atoms with Crippen LogP contribution in [0.4, 0.5) is 32.3 Å². The highest BCUT2D eigenvalue weighted by Crippen LogP contribution is 2.21. The minimum atomic E-state index is -0.496. The molecule has 3 aromatic carbocycles. The maximum absolute atomic E-state index is 12.9. The van der Waals surface area contributed by atoms with Crippen LogP contribution >= 0.6 is 12.4 Å². The monoisotopic (exact) mass is 617 g/mol. The molecule has 12 nitrogen and oxygen atoms in total. The Hall–Kier alpha value is -5.10. The summed E-state index contributed by atoms with van der Waals surface area (Å²) in [6, 6.07) is 18.4. The highest BCUT2D eigenvalue weighted by atomic mass is 35.5. The van der Waals surface area contributed by atoms with Gasteiger partial charge in [0.1, 0.15) is 11.7 Å². The summed E-state index contributed by atoms with van der Waals surface area (Å²) in [5, 5.41) is 20.4. The Morgan fingerprint density at radius 3 is 1.55 bits per heavy atom. The fourth-order valence-electron chi connectivity index (χ4n) is 4.58. The van der Waals surface area contributed by atoms with Crippen LogP contribution in [0, 0.1) is 0 Å². The molecule has 0 aromatic heterocycles. The molecule has 7 N–H and O–H groups in total. The van der Waals surface area contributed by atoms with Crippen molar-refractivity contribution in [3.63, 3.8) is 0 Å². The predicted octanol–water partition coefficient (Wildman–Crippen LogP) is 4.63. The van der Waals surface area contributed by atoms with E-state index in [0.717, 1.165) is 61.8 Å². The Morgan fingerprint density at radius 1 is 0.682 bits per heavy atom. The molecule has 230 valence electrons. The molecule has 0 fully saturated rings. The molecule has 3 aromatic rings. The molecule has 0 radical (unpaired) electrons. The van der Waals surface area contributed by atoms with E-state index in [9.17, 15) is 14.4 Å². The Morgan fingerprint density at radius 2 is 1.14 bits per heavy atom. The fourth-order valence-corrected chi connectivity index (χ4v) is 4.58. The number of nitrogens with one attached hydrogen (secondary N) is 7. The summed E-state index contributed by atoms with van der Waals surface area (Å²) in [6.45, 7) is 5.67. The quantitative estimate of drug-likeness (QED) is 0.165. The first-order valence-corrected chi connectivity index (χ1v) is 14.3. The van der Waals surface area contributed by atoms with Crippen LogP contribution in [0.1, 0.15) is 41.3 Å². The first-order valence-electron chi connectivity index (χ1n) is 14.3. The number of anilines is 4. The molecule has 0 saturated heterocycles. The van der Waals surface area contributed by atoms with Crippen LogP contribution in [0.3, 0.4) is 0 Å². The number of hydrogen-bond acceptors (Lipinski definition) is 7. The zero-order valence-electron chi connectivity index (χ0n) is 24.3. The van der Waals surface area contributed by atoms with E-state index in [-0.39, 0.29) is 18.3 Å². The van der Waals surface area contributed by atoms with Crippen molar-refractivity contribution in [3.05, 3.63) is 83.4 Å². The molecule has 5 rings (SSSR count). The zero-order chi connectivity index (χ0) is 30.0. The van der Waals surface area contributed by atoms with Crippen LogP contribution in [-0.4, -0.2) is 62.4 Å². The smallest absolute Gasteiger partial charge is 0.323 e. The van der Waals surface area contributed by atoms with Gasteiger partial charge in [0.05, 0.1) is 13.1 Å². The molecule has 0 spiro atoms. The number of aliphatic imine (C=N–C) groups is 2. The maximum atomic E-state index is 12.9. The van der Waals surface area contributed by atoms with E-state index in [2.05, 4.69) is 47.2 Å². The fraction of sp³-hybridized carbons (Fsp3) is 0.258. The molecular weight excluding hydrogens is 582 g/mol. The van der Waals surface area contributed by atoms with Crippen molar-refractivity contribution in [2.24, 2.45) is 9.98 Å². The van der Waals surface area contributed by atoms with E-state index in [1.54, 1.807) is 42.5 Å². The largest absolute Gasteiger partial charge is 0.368 e. The van der Waals surface area contributed by atoms with Crippen LogP contribution in [0.15, 0.2) is 76.7 Å². The van der Waals surface area contributed by atoms with Gasteiger partial charge in [0.15, 0.2) is 0 Å². The average molecular weight is 618 g/mol. The molecule has 2 aliphatic rings. The second-order valence-corrected chi connectivity index (χ2v) is 10.0. The number of benzene rings is 3. The lowest BCUT2D eigenvalue weighted by atomic mass is 10.1. The van der Waals surface area contributed by atoms with Gasteiger partial charge in [-0.05, 0) is 73.2 Å². The molecular formula is C31H36ClN9O3. The lowest BCUT2D eigenvalue weighted by molar-refractivity contribution is 0.0953. The minimum Gasteiger partial charge on any atom is -0.368 e. The second-order valence-electron chi connectivity index (χ2n) is 10.0. The third kappa shape index (κ3) is 8.71. The standard InChI is InChI=1S/C31H35N9O3.ClH/c1-2-3-12-36-29(41)22-17-25(39-30(42)37-23-8-4-20(5-9-23)27-32-13-14-33-27)19-26(18-22)40-31(43)38-24-10-6-21(7-11-24)28-34-15-16-35-28;/h4-11,17-19H,2-3,12-16H2,1H3,(H,32,33)(H,34,35)(H,36,41)(H2,37,39,42)(H2,38,40,43);1H. The molecule has 44 heavy (non-hydrogen) atoms. The van der Waals surface area contributed by atoms with Crippen molar-refractivity contribution in [2.75, 3.05) is 54.0 Å². The number of unbranched alkanes of at least 4 members (excludes halogenated alkanes) is 1. The number of rotatable bonds is 10. The Kier molecular flexibility index (Phi) is 11.1. The lowest BCUT2D eigenvalue weighted by Gasteiger charge is -2.14. The van der Waals surface area contributed by atoms with Crippen LogP contribution in [0.25, 0.3) is 0 Å². The summed E-state index contributed by atoms with van der Waals surface area (Å²) in [4.78, 5) is 47.3. The molecule has 0 unspecified atom stereocenters. The summed E-state index contributed by atoms with van der Waals surface area (Å²) in [5.41, 5.74) is 4.04. The van der Waals surface area contributed by atoms with Crippen molar-refractivity contribution in [3.8, 4) is 0 Å². The van der Waals surface area contributed by atoms with Gasteiger partial charge in [-0.3, -0.25) is 14.8 Å². The second kappa shape index (κ2) is 15.4. The SMILES string of the molecule is CCCCNC(=O)c1cc(NC(=O)Nc2ccc(C3=NCCN3)cc2)cc(NC(=O)Nc2ccc(C3=NCCN3)cc2)c1.Cl. The van der Waals surface area contributed by atoms with Crippen molar-refractivity contribution >= 4 is 64.8 Å². The molecule has 0 aliphatic carbocycles. The van der Waals surface area contributed by atoms with Crippen LogP contribution in [0.2, 0.25) is 0 Å². The van der Waals surface area contributed by atoms with Crippen LogP contribution < -0.4 is 37.2 Å². The Balaban J connectivity index is 0.00000442. The summed E-state index contributed by atoms with van der Waals surface area (Å²) in [6.07, 6.45) is 1.77. The normalized spacial score (nSPS) is 13.3. The van der Waals surface area contributed by atoms with Crippen molar-refractivity contribution in [1.29, 1.82) is 0 Å². The summed E-state index contributed by atoms with van der Waals surface area (Å²) in [7, 11) is 0. The van der Waals surface area contributed by atoms with E-state index in [4.69, 9.17) is 0 Å². The van der Waals surface area contributed by atoms with Crippen molar-refractivity contribution < 1.29 is 14.4 Å². The van der Waals surface area contributed by atoms with Gasteiger partial charge >= 0.3 is 12.1 Å². The molecule has 5 amide bonds. The van der Waals surface area contributed by atoms with E-state index in [1.807, 2.05) is 31.2 Å². The first kappa shape index (κ1) is 31.8. The minimum absolute atomic E-state index is 0. The Labute approximate surface area is 262 Å². The van der Waals surface area contributed by atoms with Crippen molar-refractivity contribution in [1.82, 2.24) is 16.0 Å². The molecule has 0 saturated carbocycles. The summed E-state index contributed by atoms with van der Waals surface area (Å²) >= 11 is 0. The molecule has 2 heterocycles. The molecule has 2 aliphatic heterocycles. The zero-order valence-corrected chi connectivity index (χ0v) is 25.1. The van der Waals surface area contributed by atoms with Gasteiger partial charge < -0.3 is 37.2 Å². The number of carbonyl (C=O) groups excluding carboxylic acids is 3. The Bertz CT molecular complexity index is 1440. The van der Waals surface area contributed by atoms with E-state index in [0.29, 0.717) is 34.9 Å². The lowest BCUT2D eigenvalue weighted by Crippen LogP contribution is -2.26. The van der Waals surface area contributed by atoms with Gasteiger partial charge in [0.2, 0.25) is 0 Å². The number of carbonyl (C=O) groups is 3. The number of amidine groups is 2. The highest BCUT2D eigenvalue weighted by Gasteiger charge is 2.14. The van der Waals surface area contributed by atoms with Crippen LogP contribution in [0.5, 0.6) is 0 Å². The number of hydrogen-bond donors (Lipinski definition) is 7.